The molecule has 4 nitrogen and oxygen atoms in total. The van der Waals surface area contributed by atoms with Gasteiger partial charge in [0.15, 0.2) is 5.78 Å². The fraction of sp³-hybridized carbons (Fsp3) is 0.0435. The van der Waals surface area contributed by atoms with Crippen molar-refractivity contribution in [1.29, 1.82) is 0 Å². The molecule has 3 aromatic rings. The second-order valence-electron chi connectivity index (χ2n) is 5.95. The minimum absolute atomic E-state index is 0.0261. The Labute approximate surface area is 175 Å². The number of para-hydroxylation sites is 1. The van der Waals surface area contributed by atoms with Crippen molar-refractivity contribution in [2.75, 3.05) is 7.11 Å². The van der Waals surface area contributed by atoms with E-state index in [1.807, 2.05) is 6.07 Å². The molecule has 3 aromatic carbocycles. The Balaban J connectivity index is 1.88. The summed E-state index contributed by atoms with van der Waals surface area (Å²) < 4.78 is 24.9. The fourth-order valence-corrected chi connectivity index (χ4v) is 3.07. The molecular formula is C23H16BrFO4. The number of carbonyl (C=O) groups excluding carboxylic acids is 2. The zero-order chi connectivity index (χ0) is 20.8. The molecule has 0 fully saturated rings. The Kier molecular flexibility index (Phi) is 6.57. The van der Waals surface area contributed by atoms with E-state index in [1.54, 1.807) is 48.5 Å². The molecule has 0 aliphatic rings. The van der Waals surface area contributed by atoms with Gasteiger partial charge in [0, 0.05) is 10.0 Å². The lowest BCUT2D eigenvalue weighted by Gasteiger charge is -2.09. The molecule has 6 heteroatoms. The number of hydrogen-bond donors (Lipinski definition) is 0. The van der Waals surface area contributed by atoms with Crippen molar-refractivity contribution in [2.24, 2.45) is 0 Å². The summed E-state index contributed by atoms with van der Waals surface area (Å²) in [5.41, 5.74) is 0.919. The Morgan fingerprint density at radius 1 is 0.931 bits per heavy atom. The van der Waals surface area contributed by atoms with Crippen LogP contribution in [0.2, 0.25) is 0 Å². The number of benzene rings is 3. The highest BCUT2D eigenvalue weighted by Crippen LogP contribution is 2.25. The number of allylic oxidation sites excluding steroid dienone is 1. The molecule has 3 rings (SSSR count). The monoisotopic (exact) mass is 454 g/mol. The number of carbonyl (C=O) groups is 2. The second-order valence-corrected chi connectivity index (χ2v) is 6.80. The van der Waals surface area contributed by atoms with Crippen LogP contribution in [0.15, 0.2) is 77.3 Å². The fourth-order valence-electron chi connectivity index (χ4n) is 2.62. The van der Waals surface area contributed by atoms with Gasteiger partial charge in [-0.3, -0.25) is 4.79 Å². The number of halogens is 2. The summed E-state index contributed by atoms with van der Waals surface area (Å²) in [6, 6.07) is 17.3. The number of rotatable bonds is 6. The van der Waals surface area contributed by atoms with Gasteiger partial charge in [-0.2, -0.15) is 0 Å². The van der Waals surface area contributed by atoms with E-state index >= 15 is 0 Å². The van der Waals surface area contributed by atoms with Crippen LogP contribution in [0.25, 0.3) is 6.08 Å². The van der Waals surface area contributed by atoms with Crippen LogP contribution >= 0.6 is 15.9 Å². The van der Waals surface area contributed by atoms with Gasteiger partial charge in [-0.1, -0.05) is 30.3 Å². The molecule has 0 amide bonds. The highest BCUT2D eigenvalue weighted by molar-refractivity contribution is 9.10. The number of methoxy groups -OCH3 is 1. The topological polar surface area (TPSA) is 52.6 Å². The van der Waals surface area contributed by atoms with Gasteiger partial charge in [0.05, 0.1) is 18.2 Å². The number of ether oxygens (including phenoxy) is 2. The Hall–Kier alpha value is -3.25. The maximum absolute atomic E-state index is 13.8. The third kappa shape index (κ3) is 4.97. The lowest BCUT2D eigenvalue weighted by molar-refractivity contribution is 0.0732. The van der Waals surface area contributed by atoms with Crippen LogP contribution < -0.4 is 9.47 Å². The van der Waals surface area contributed by atoms with Crippen LogP contribution in [0.4, 0.5) is 4.39 Å². The SMILES string of the molecule is COc1ccccc1/C=C/C(=O)c1cc(F)ccc1OC(=O)c1ccccc1Br. The van der Waals surface area contributed by atoms with E-state index in [0.29, 0.717) is 21.3 Å². The standard InChI is InChI=1S/C23H16BrFO4/c1-28-21-9-5-2-6-15(21)10-12-20(26)18-14-16(25)11-13-22(18)29-23(27)17-7-3-4-8-19(17)24/h2-14H,1H3/b12-10+. The molecule has 146 valence electrons. The van der Waals surface area contributed by atoms with Gasteiger partial charge in [0.1, 0.15) is 17.3 Å². The molecule has 0 aliphatic heterocycles. The summed E-state index contributed by atoms with van der Waals surface area (Å²) >= 11 is 3.28. The summed E-state index contributed by atoms with van der Waals surface area (Å²) in [7, 11) is 1.53. The molecule has 0 heterocycles. The Morgan fingerprint density at radius 2 is 1.66 bits per heavy atom. The van der Waals surface area contributed by atoms with Crippen molar-refractivity contribution in [3.05, 3.63) is 99.8 Å². The van der Waals surface area contributed by atoms with Crippen molar-refractivity contribution in [2.45, 2.75) is 0 Å². The molecule has 0 bridgehead atoms. The lowest BCUT2D eigenvalue weighted by atomic mass is 10.1. The van der Waals surface area contributed by atoms with Gasteiger partial charge in [-0.15, -0.1) is 0 Å². The van der Waals surface area contributed by atoms with E-state index in [4.69, 9.17) is 9.47 Å². The molecule has 0 aliphatic carbocycles. The minimum Gasteiger partial charge on any atom is -0.496 e. The Bertz CT molecular complexity index is 1090. The molecular weight excluding hydrogens is 439 g/mol. The maximum Gasteiger partial charge on any atom is 0.344 e. The van der Waals surface area contributed by atoms with Crippen molar-refractivity contribution < 1.29 is 23.5 Å². The molecule has 0 spiro atoms. The molecule has 0 unspecified atom stereocenters. The van der Waals surface area contributed by atoms with Crippen molar-refractivity contribution in [3.8, 4) is 11.5 Å². The van der Waals surface area contributed by atoms with E-state index in [2.05, 4.69) is 15.9 Å². The second kappa shape index (κ2) is 9.30. The Morgan fingerprint density at radius 3 is 2.41 bits per heavy atom. The van der Waals surface area contributed by atoms with Crippen LogP contribution in [-0.2, 0) is 0 Å². The lowest BCUT2D eigenvalue weighted by Crippen LogP contribution is -2.12. The summed E-state index contributed by atoms with van der Waals surface area (Å²) in [6.45, 7) is 0. The largest absolute Gasteiger partial charge is 0.496 e. The summed E-state index contributed by atoms with van der Waals surface area (Å²) in [5, 5.41) is 0. The highest BCUT2D eigenvalue weighted by atomic mass is 79.9. The normalized spacial score (nSPS) is 10.7. The van der Waals surface area contributed by atoms with Gasteiger partial charge in [-0.25, -0.2) is 9.18 Å². The van der Waals surface area contributed by atoms with Gasteiger partial charge in [0.2, 0.25) is 0 Å². The van der Waals surface area contributed by atoms with Crippen LogP contribution in [0.5, 0.6) is 11.5 Å². The summed E-state index contributed by atoms with van der Waals surface area (Å²) in [4.78, 5) is 25.1. The molecule has 0 atom stereocenters. The van der Waals surface area contributed by atoms with Crippen LogP contribution in [0, 0.1) is 5.82 Å². The first-order chi connectivity index (χ1) is 14.0. The highest BCUT2D eigenvalue weighted by Gasteiger charge is 2.17. The summed E-state index contributed by atoms with van der Waals surface area (Å²) in [5.74, 6) is -1.21. The third-order valence-corrected chi connectivity index (χ3v) is 4.75. The molecule has 29 heavy (non-hydrogen) atoms. The molecule has 0 saturated carbocycles. The predicted molar refractivity (Wildman–Crippen MR) is 112 cm³/mol. The third-order valence-electron chi connectivity index (χ3n) is 4.06. The predicted octanol–water partition coefficient (Wildman–Crippen LogP) is 5.71. The average molecular weight is 455 g/mol. The van der Waals surface area contributed by atoms with Crippen molar-refractivity contribution in [1.82, 2.24) is 0 Å². The van der Waals surface area contributed by atoms with Crippen LogP contribution in [0.1, 0.15) is 26.3 Å². The van der Waals surface area contributed by atoms with Crippen LogP contribution in [-0.4, -0.2) is 18.9 Å². The number of esters is 1. The van der Waals surface area contributed by atoms with E-state index in [0.717, 1.165) is 12.1 Å². The zero-order valence-electron chi connectivity index (χ0n) is 15.4. The first-order valence-electron chi connectivity index (χ1n) is 8.61. The van der Waals surface area contributed by atoms with E-state index in [9.17, 15) is 14.0 Å². The quantitative estimate of drug-likeness (QED) is 0.207. The molecule has 0 aromatic heterocycles. The summed E-state index contributed by atoms with van der Waals surface area (Å²) in [6.07, 6.45) is 2.84. The minimum atomic E-state index is -0.660. The number of hydrogen-bond acceptors (Lipinski definition) is 4. The van der Waals surface area contributed by atoms with Gasteiger partial charge in [0.25, 0.3) is 0 Å². The van der Waals surface area contributed by atoms with Crippen LogP contribution in [0.3, 0.4) is 0 Å². The molecule has 0 saturated heterocycles. The zero-order valence-corrected chi connectivity index (χ0v) is 17.0. The van der Waals surface area contributed by atoms with E-state index in [1.165, 1.54) is 19.3 Å². The molecule has 0 N–H and O–H groups in total. The first-order valence-corrected chi connectivity index (χ1v) is 9.40. The average Bonchev–Trinajstić information content (AvgIpc) is 2.73. The van der Waals surface area contributed by atoms with E-state index in [-0.39, 0.29) is 11.3 Å². The number of ketones is 1. The van der Waals surface area contributed by atoms with Crippen molar-refractivity contribution in [3.63, 3.8) is 0 Å². The van der Waals surface area contributed by atoms with E-state index < -0.39 is 17.6 Å². The first kappa shape index (κ1) is 20.5. The van der Waals surface area contributed by atoms with Gasteiger partial charge < -0.3 is 9.47 Å². The van der Waals surface area contributed by atoms with Gasteiger partial charge >= 0.3 is 5.97 Å². The smallest absolute Gasteiger partial charge is 0.344 e. The molecule has 0 radical (unpaired) electrons. The van der Waals surface area contributed by atoms with Gasteiger partial charge in [-0.05, 0) is 64.5 Å². The maximum atomic E-state index is 13.8. The van der Waals surface area contributed by atoms with Crippen molar-refractivity contribution >= 4 is 33.8 Å².